The van der Waals surface area contributed by atoms with Crippen LogP contribution >= 0.6 is 0 Å². The molecule has 0 amide bonds. The van der Waals surface area contributed by atoms with Crippen LogP contribution in [-0.4, -0.2) is 6.61 Å². The van der Waals surface area contributed by atoms with E-state index in [1.807, 2.05) is 6.07 Å². The maximum Gasteiger partial charge on any atom is 0.127 e. The van der Waals surface area contributed by atoms with Crippen molar-refractivity contribution in [3.8, 4) is 5.75 Å². The molecule has 0 bridgehead atoms. The maximum absolute atomic E-state index is 5.68. The standard InChI is InChI=1S/C12H12O/c1-2-7-12-11(5-1)10-6-3-4-9(10)8-13-12/h1-2,5,7H,3-4,6,8H2. The van der Waals surface area contributed by atoms with Gasteiger partial charge in [-0.3, -0.25) is 0 Å². The minimum absolute atomic E-state index is 0.826. The molecule has 0 saturated carbocycles. The molecule has 1 heterocycles. The average Bonchev–Trinajstić information content (AvgIpc) is 2.65. The molecule has 1 aliphatic heterocycles. The lowest BCUT2D eigenvalue weighted by molar-refractivity contribution is 0.344. The molecule has 1 nitrogen and oxygen atoms in total. The van der Waals surface area contributed by atoms with Crippen LogP contribution in [0.5, 0.6) is 5.75 Å². The molecule has 0 atom stereocenters. The van der Waals surface area contributed by atoms with Gasteiger partial charge >= 0.3 is 0 Å². The molecule has 13 heavy (non-hydrogen) atoms. The highest BCUT2D eigenvalue weighted by molar-refractivity contribution is 5.76. The van der Waals surface area contributed by atoms with Crippen molar-refractivity contribution in [2.75, 3.05) is 6.61 Å². The van der Waals surface area contributed by atoms with Gasteiger partial charge in [-0.1, -0.05) is 18.2 Å². The first-order chi connectivity index (χ1) is 6.45. The third-order valence-electron chi connectivity index (χ3n) is 2.95. The van der Waals surface area contributed by atoms with Gasteiger partial charge in [0.2, 0.25) is 0 Å². The summed E-state index contributed by atoms with van der Waals surface area (Å²) in [5, 5.41) is 0. The first kappa shape index (κ1) is 7.19. The molecular formula is C12H12O. The van der Waals surface area contributed by atoms with E-state index in [2.05, 4.69) is 18.2 Å². The first-order valence-electron chi connectivity index (χ1n) is 4.88. The summed E-state index contributed by atoms with van der Waals surface area (Å²) in [6, 6.07) is 8.38. The van der Waals surface area contributed by atoms with Crippen LogP contribution in [0.3, 0.4) is 0 Å². The van der Waals surface area contributed by atoms with Gasteiger partial charge in [0.1, 0.15) is 12.4 Å². The van der Waals surface area contributed by atoms with E-state index in [0.717, 1.165) is 12.4 Å². The molecule has 2 aliphatic rings. The largest absolute Gasteiger partial charge is 0.489 e. The fourth-order valence-electron chi connectivity index (χ4n) is 2.30. The zero-order valence-corrected chi connectivity index (χ0v) is 7.55. The third-order valence-corrected chi connectivity index (χ3v) is 2.95. The number of benzene rings is 1. The van der Waals surface area contributed by atoms with Gasteiger partial charge in [-0.2, -0.15) is 0 Å². The second-order valence-corrected chi connectivity index (χ2v) is 3.72. The minimum Gasteiger partial charge on any atom is -0.489 e. The molecule has 0 N–H and O–H groups in total. The molecule has 3 rings (SSSR count). The highest BCUT2D eigenvalue weighted by Crippen LogP contribution is 2.41. The SMILES string of the molecule is c1ccc2c(c1)OCC1=C2CCC1. The Bertz CT molecular complexity index is 376. The zero-order chi connectivity index (χ0) is 8.67. The van der Waals surface area contributed by atoms with Crippen LogP contribution in [0.25, 0.3) is 5.57 Å². The minimum atomic E-state index is 0.826. The molecule has 0 radical (unpaired) electrons. The van der Waals surface area contributed by atoms with Crippen LogP contribution in [0.4, 0.5) is 0 Å². The molecule has 0 aromatic heterocycles. The van der Waals surface area contributed by atoms with Gasteiger partial charge < -0.3 is 4.74 Å². The Balaban J connectivity index is 2.18. The molecule has 1 heteroatoms. The quantitative estimate of drug-likeness (QED) is 0.584. The maximum atomic E-state index is 5.68. The Morgan fingerprint density at radius 3 is 3.00 bits per heavy atom. The summed E-state index contributed by atoms with van der Waals surface area (Å²) in [7, 11) is 0. The number of ether oxygens (including phenoxy) is 1. The Morgan fingerprint density at radius 2 is 2.00 bits per heavy atom. The van der Waals surface area contributed by atoms with E-state index in [0.29, 0.717) is 0 Å². The van der Waals surface area contributed by atoms with Crippen LogP contribution in [-0.2, 0) is 0 Å². The second-order valence-electron chi connectivity index (χ2n) is 3.72. The Kier molecular flexibility index (Phi) is 1.45. The van der Waals surface area contributed by atoms with Crippen molar-refractivity contribution < 1.29 is 4.74 Å². The molecular weight excluding hydrogens is 160 g/mol. The first-order valence-corrected chi connectivity index (χ1v) is 4.88. The number of allylic oxidation sites excluding steroid dienone is 1. The summed E-state index contributed by atoms with van der Waals surface area (Å²) in [5.41, 5.74) is 4.42. The third kappa shape index (κ3) is 0.998. The lowest BCUT2D eigenvalue weighted by Crippen LogP contribution is -2.07. The van der Waals surface area contributed by atoms with Crippen molar-refractivity contribution in [1.29, 1.82) is 0 Å². The number of hydrogen-bond donors (Lipinski definition) is 0. The lowest BCUT2D eigenvalue weighted by Gasteiger charge is -2.19. The molecule has 0 fully saturated rings. The van der Waals surface area contributed by atoms with Crippen molar-refractivity contribution in [3.05, 3.63) is 35.4 Å². The van der Waals surface area contributed by atoms with Gasteiger partial charge in [-0.15, -0.1) is 0 Å². The Hall–Kier alpha value is -1.24. The second kappa shape index (κ2) is 2.63. The molecule has 1 aromatic carbocycles. The molecule has 1 aliphatic carbocycles. The Labute approximate surface area is 78.0 Å². The zero-order valence-electron chi connectivity index (χ0n) is 7.55. The smallest absolute Gasteiger partial charge is 0.127 e. The van der Waals surface area contributed by atoms with Gasteiger partial charge in [0.05, 0.1) is 0 Å². The topological polar surface area (TPSA) is 9.23 Å². The van der Waals surface area contributed by atoms with Gasteiger partial charge in [-0.05, 0) is 36.5 Å². The number of hydrogen-bond acceptors (Lipinski definition) is 1. The molecule has 0 saturated heterocycles. The van der Waals surface area contributed by atoms with Crippen molar-refractivity contribution in [3.63, 3.8) is 0 Å². The lowest BCUT2D eigenvalue weighted by atomic mass is 9.99. The van der Waals surface area contributed by atoms with Crippen molar-refractivity contribution in [1.82, 2.24) is 0 Å². The fourth-order valence-corrected chi connectivity index (χ4v) is 2.30. The molecule has 66 valence electrons. The summed E-state index contributed by atoms with van der Waals surface area (Å²) in [4.78, 5) is 0. The van der Waals surface area contributed by atoms with E-state index in [1.165, 1.54) is 30.4 Å². The average molecular weight is 172 g/mol. The van der Waals surface area contributed by atoms with Crippen LogP contribution in [0, 0.1) is 0 Å². The van der Waals surface area contributed by atoms with Gasteiger partial charge in [0, 0.05) is 5.56 Å². The Morgan fingerprint density at radius 1 is 1.08 bits per heavy atom. The van der Waals surface area contributed by atoms with E-state index >= 15 is 0 Å². The van der Waals surface area contributed by atoms with E-state index in [9.17, 15) is 0 Å². The van der Waals surface area contributed by atoms with E-state index in [-0.39, 0.29) is 0 Å². The van der Waals surface area contributed by atoms with Crippen molar-refractivity contribution in [2.45, 2.75) is 19.3 Å². The monoisotopic (exact) mass is 172 g/mol. The summed E-state index contributed by atoms with van der Waals surface area (Å²) in [5.74, 6) is 1.07. The van der Waals surface area contributed by atoms with Gasteiger partial charge in [0.15, 0.2) is 0 Å². The number of para-hydroxylation sites is 1. The summed E-state index contributed by atoms with van der Waals surface area (Å²) < 4.78 is 5.68. The van der Waals surface area contributed by atoms with E-state index in [4.69, 9.17) is 4.74 Å². The van der Waals surface area contributed by atoms with Crippen molar-refractivity contribution in [2.24, 2.45) is 0 Å². The van der Waals surface area contributed by atoms with Crippen LogP contribution < -0.4 is 4.74 Å². The summed E-state index contributed by atoms with van der Waals surface area (Å²) >= 11 is 0. The predicted octanol–water partition coefficient (Wildman–Crippen LogP) is 3.02. The highest BCUT2D eigenvalue weighted by atomic mass is 16.5. The van der Waals surface area contributed by atoms with E-state index < -0.39 is 0 Å². The number of rotatable bonds is 0. The normalized spacial score (nSPS) is 19.4. The van der Waals surface area contributed by atoms with Gasteiger partial charge in [-0.25, -0.2) is 0 Å². The molecule has 1 aromatic rings. The van der Waals surface area contributed by atoms with Crippen molar-refractivity contribution >= 4 is 5.57 Å². The predicted molar refractivity (Wildman–Crippen MR) is 52.7 cm³/mol. The highest BCUT2D eigenvalue weighted by Gasteiger charge is 2.22. The summed E-state index contributed by atoms with van der Waals surface area (Å²) in [6.45, 7) is 0.826. The number of fused-ring (bicyclic) bond motifs is 2. The van der Waals surface area contributed by atoms with Crippen LogP contribution in [0.15, 0.2) is 29.8 Å². The summed E-state index contributed by atoms with van der Waals surface area (Å²) in [6.07, 6.45) is 3.79. The van der Waals surface area contributed by atoms with Crippen LogP contribution in [0.1, 0.15) is 24.8 Å². The van der Waals surface area contributed by atoms with Crippen LogP contribution in [0.2, 0.25) is 0 Å². The fraction of sp³-hybridized carbons (Fsp3) is 0.333. The molecule has 0 unspecified atom stereocenters. The van der Waals surface area contributed by atoms with E-state index in [1.54, 1.807) is 5.57 Å². The molecule has 0 spiro atoms. The van der Waals surface area contributed by atoms with Gasteiger partial charge in [0.25, 0.3) is 0 Å².